The number of benzene rings is 1. The molecule has 0 bridgehead atoms. The summed E-state index contributed by atoms with van der Waals surface area (Å²) in [6, 6.07) is 9.02. The molecule has 0 aromatic heterocycles. The summed E-state index contributed by atoms with van der Waals surface area (Å²) in [5.74, 6) is 0.775. The van der Waals surface area contributed by atoms with E-state index in [9.17, 15) is 16.8 Å². The van der Waals surface area contributed by atoms with Crippen LogP contribution in [0, 0.1) is 11.8 Å². The van der Waals surface area contributed by atoms with Crippen molar-refractivity contribution >= 4 is 20.0 Å². The van der Waals surface area contributed by atoms with Gasteiger partial charge in [-0.1, -0.05) is 58.0 Å². The maximum atomic E-state index is 12.6. The molecule has 0 saturated heterocycles. The van der Waals surface area contributed by atoms with Gasteiger partial charge in [-0.15, -0.1) is 0 Å². The number of hydrogen-bond donors (Lipinski definition) is 1. The molecule has 28 heavy (non-hydrogen) atoms. The molecule has 0 radical (unpaired) electrons. The van der Waals surface area contributed by atoms with Gasteiger partial charge in [-0.3, -0.25) is 0 Å². The topological polar surface area (TPSA) is 83.6 Å². The SMILES string of the molecule is CC(C)CCN(CCC(C)C)S(=O)(=O)NCCCS(=O)(=O)Cc1ccccc1. The first-order valence-electron chi connectivity index (χ1n) is 10.0. The smallest absolute Gasteiger partial charge is 0.228 e. The molecule has 1 N–H and O–H groups in total. The molecule has 0 fully saturated rings. The van der Waals surface area contributed by atoms with Crippen LogP contribution in [0.4, 0.5) is 0 Å². The molecule has 0 heterocycles. The van der Waals surface area contributed by atoms with Crippen molar-refractivity contribution in [1.29, 1.82) is 0 Å². The summed E-state index contributed by atoms with van der Waals surface area (Å²) in [6.45, 7) is 9.35. The molecule has 1 aromatic rings. The van der Waals surface area contributed by atoms with Crippen LogP contribution in [0.2, 0.25) is 0 Å². The lowest BCUT2D eigenvalue weighted by molar-refractivity contribution is 0.352. The van der Waals surface area contributed by atoms with Gasteiger partial charge in [0, 0.05) is 19.6 Å². The minimum atomic E-state index is -3.60. The second kappa shape index (κ2) is 11.9. The predicted octanol–water partition coefficient (Wildman–Crippen LogP) is 3.22. The predicted molar refractivity (Wildman–Crippen MR) is 116 cm³/mol. The van der Waals surface area contributed by atoms with Crippen molar-refractivity contribution in [2.75, 3.05) is 25.4 Å². The van der Waals surface area contributed by atoms with Gasteiger partial charge in [0.05, 0.1) is 11.5 Å². The van der Waals surface area contributed by atoms with E-state index in [0.717, 1.165) is 18.4 Å². The summed E-state index contributed by atoms with van der Waals surface area (Å²) in [5.41, 5.74) is 0.747. The van der Waals surface area contributed by atoms with Crippen LogP contribution in [-0.2, 0) is 25.8 Å². The van der Waals surface area contributed by atoms with Gasteiger partial charge >= 0.3 is 0 Å². The number of sulfone groups is 1. The Labute approximate surface area is 171 Å². The van der Waals surface area contributed by atoms with Crippen LogP contribution in [-0.4, -0.2) is 46.5 Å². The van der Waals surface area contributed by atoms with Gasteiger partial charge in [0.2, 0.25) is 0 Å². The fourth-order valence-corrected chi connectivity index (χ4v) is 5.35. The van der Waals surface area contributed by atoms with Gasteiger partial charge in [0.1, 0.15) is 0 Å². The zero-order valence-corrected chi connectivity index (χ0v) is 19.2. The summed E-state index contributed by atoms with van der Waals surface area (Å²) in [7, 11) is -6.87. The van der Waals surface area contributed by atoms with Crippen LogP contribution >= 0.6 is 0 Å². The first kappa shape index (κ1) is 25.1. The Hall–Kier alpha value is -0.960. The largest absolute Gasteiger partial charge is 0.279 e. The lowest BCUT2D eigenvalue weighted by Gasteiger charge is -2.24. The van der Waals surface area contributed by atoms with Gasteiger partial charge in [-0.2, -0.15) is 12.7 Å². The Balaban J connectivity index is 2.54. The molecule has 0 aliphatic rings. The summed E-state index contributed by atoms with van der Waals surface area (Å²) >= 11 is 0. The number of hydrogen-bond acceptors (Lipinski definition) is 4. The van der Waals surface area contributed by atoms with E-state index in [4.69, 9.17) is 0 Å². The van der Waals surface area contributed by atoms with Crippen LogP contribution < -0.4 is 4.72 Å². The fraction of sp³-hybridized carbons (Fsp3) is 0.700. The van der Waals surface area contributed by atoms with Crippen LogP contribution in [0.3, 0.4) is 0 Å². The lowest BCUT2D eigenvalue weighted by Crippen LogP contribution is -2.43. The van der Waals surface area contributed by atoms with Crippen molar-refractivity contribution in [2.45, 2.75) is 52.7 Å². The standard InChI is InChI=1S/C20H36N2O4S2/c1-18(2)11-14-22(15-12-19(3)4)28(25,26)21-13-8-16-27(23,24)17-20-9-6-5-7-10-20/h5-7,9-10,18-19,21H,8,11-17H2,1-4H3. The molecule has 8 heteroatoms. The van der Waals surface area contributed by atoms with E-state index in [1.165, 1.54) is 4.31 Å². The van der Waals surface area contributed by atoms with E-state index < -0.39 is 20.0 Å². The Morgan fingerprint density at radius 2 is 1.43 bits per heavy atom. The second-order valence-corrected chi connectivity index (χ2v) is 12.0. The maximum absolute atomic E-state index is 12.6. The van der Waals surface area contributed by atoms with Gasteiger partial charge in [0.15, 0.2) is 9.84 Å². The molecule has 0 saturated carbocycles. The molecular weight excluding hydrogens is 396 g/mol. The van der Waals surface area contributed by atoms with E-state index in [1.54, 1.807) is 12.1 Å². The van der Waals surface area contributed by atoms with Crippen molar-refractivity contribution in [3.8, 4) is 0 Å². The molecule has 0 unspecified atom stereocenters. The highest BCUT2D eigenvalue weighted by Gasteiger charge is 2.22. The average molecular weight is 433 g/mol. The normalized spacial score (nSPS) is 13.0. The van der Waals surface area contributed by atoms with Crippen molar-refractivity contribution < 1.29 is 16.8 Å². The summed E-state index contributed by atoms with van der Waals surface area (Å²) in [6.07, 6.45) is 1.85. The zero-order chi connectivity index (χ0) is 21.2. The Bertz CT molecular complexity index is 749. The molecule has 0 amide bonds. The van der Waals surface area contributed by atoms with E-state index >= 15 is 0 Å². The number of rotatable bonds is 14. The zero-order valence-electron chi connectivity index (χ0n) is 17.6. The molecule has 0 spiro atoms. The van der Waals surface area contributed by atoms with Crippen molar-refractivity contribution in [3.05, 3.63) is 35.9 Å². The van der Waals surface area contributed by atoms with Gasteiger partial charge in [0.25, 0.3) is 10.2 Å². The van der Waals surface area contributed by atoms with Gasteiger partial charge in [-0.05, 0) is 36.7 Å². The van der Waals surface area contributed by atoms with E-state index in [2.05, 4.69) is 32.4 Å². The van der Waals surface area contributed by atoms with E-state index in [-0.39, 0.29) is 24.5 Å². The first-order chi connectivity index (χ1) is 13.0. The van der Waals surface area contributed by atoms with E-state index in [0.29, 0.717) is 24.9 Å². The van der Waals surface area contributed by atoms with Crippen LogP contribution in [0.25, 0.3) is 0 Å². The third kappa shape index (κ3) is 10.5. The Morgan fingerprint density at radius 3 is 1.93 bits per heavy atom. The number of nitrogens with zero attached hydrogens (tertiary/aromatic N) is 1. The molecule has 162 valence electrons. The Morgan fingerprint density at radius 1 is 0.893 bits per heavy atom. The Kier molecular flexibility index (Phi) is 10.7. The minimum absolute atomic E-state index is 0.0184. The van der Waals surface area contributed by atoms with Gasteiger partial charge < -0.3 is 0 Å². The van der Waals surface area contributed by atoms with Crippen molar-refractivity contribution in [1.82, 2.24) is 9.03 Å². The molecule has 1 aromatic carbocycles. The maximum Gasteiger partial charge on any atom is 0.279 e. The van der Waals surface area contributed by atoms with Crippen LogP contribution in [0.1, 0.15) is 52.5 Å². The van der Waals surface area contributed by atoms with Gasteiger partial charge in [-0.25, -0.2) is 13.1 Å². The lowest BCUT2D eigenvalue weighted by atomic mass is 10.1. The number of nitrogens with one attached hydrogen (secondary N) is 1. The van der Waals surface area contributed by atoms with Crippen LogP contribution in [0.15, 0.2) is 30.3 Å². The van der Waals surface area contributed by atoms with Crippen molar-refractivity contribution in [2.24, 2.45) is 11.8 Å². The molecule has 6 nitrogen and oxygen atoms in total. The third-order valence-corrected chi connectivity index (χ3v) is 7.70. The van der Waals surface area contributed by atoms with Crippen molar-refractivity contribution in [3.63, 3.8) is 0 Å². The minimum Gasteiger partial charge on any atom is -0.228 e. The molecule has 0 atom stereocenters. The highest BCUT2D eigenvalue weighted by Crippen LogP contribution is 2.11. The highest BCUT2D eigenvalue weighted by molar-refractivity contribution is 7.90. The van der Waals surface area contributed by atoms with E-state index in [1.807, 2.05) is 18.2 Å². The average Bonchev–Trinajstić information content (AvgIpc) is 2.58. The summed E-state index contributed by atoms with van der Waals surface area (Å²) in [4.78, 5) is 0. The first-order valence-corrected chi connectivity index (χ1v) is 13.3. The third-order valence-electron chi connectivity index (χ3n) is 4.40. The molecule has 0 aliphatic carbocycles. The monoisotopic (exact) mass is 432 g/mol. The molecule has 0 aliphatic heterocycles. The fourth-order valence-electron chi connectivity index (χ4n) is 2.64. The highest BCUT2D eigenvalue weighted by atomic mass is 32.2. The molecular formula is C20H36N2O4S2. The van der Waals surface area contributed by atoms with Crippen LogP contribution in [0.5, 0.6) is 0 Å². The second-order valence-electron chi connectivity index (χ2n) is 8.09. The summed E-state index contributed by atoms with van der Waals surface area (Å²) < 4.78 is 53.8. The quantitative estimate of drug-likeness (QED) is 0.458. The molecule has 1 rings (SSSR count). The summed E-state index contributed by atoms with van der Waals surface area (Å²) in [5, 5.41) is 0.